The fourth-order valence-corrected chi connectivity index (χ4v) is 2.68. The lowest BCUT2D eigenvalue weighted by molar-refractivity contribution is -0.130. The molecular formula is C14H25N3O3. The molecule has 2 aliphatic heterocycles. The van der Waals surface area contributed by atoms with E-state index in [1.54, 1.807) is 4.90 Å². The van der Waals surface area contributed by atoms with Gasteiger partial charge < -0.3 is 19.9 Å². The number of ether oxygens (including phenoxy) is 1. The molecule has 2 saturated heterocycles. The second kappa shape index (κ2) is 7.47. The van der Waals surface area contributed by atoms with Gasteiger partial charge in [0, 0.05) is 26.2 Å². The molecule has 6 nitrogen and oxygen atoms in total. The molecule has 3 amide bonds. The maximum Gasteiger partial charge on any atom is 0.320 e. The van der Waals surface area contributed by atoms with E-state index in [0.29, 0.717) is 26.3 Å². The van der Waals surface area contributed by atoms with Crippen LogP contribution in [0.3, 0.4) is 0 Å². The van der Waals surface area contributed by atoms with E-state index in [2.05, 4.69) is 5.32 Å². The summed E-state index contributed by atoms with van der Waals surface area (Å²) in [5.41, 5.74) is 0. The van der Waals surface area contributed by atoms with Crippen LogP contribution < -0.4 is 5.32 Å². The second-order valence-corrected chi connectivity index (χ2v) is 5.41. The van der Waals surface area contributed by atoms with E-state index in [1.165, 1.54) is 6.42 Å². The summed E-state index contributed by atoms with van der Waals surface area (Å²) < 4.78 is 5.38. The SMILES string of the molecule is CCCNC(=O)C1COCCN1C(=O)N1CCCCC1. The van der Waals surface area contributed by atoms with Gasteiger partial charge in [0.05, 0.1) is 13.2 Å². The fourth-order valence-electron chi connectivity index (χ4n) is 2.68. The van der Waals surface area contributed by atoms with Crippen LogP contribution in [0.5, 0.6) is 0 Å². The zero-order chi connectivity index (χ0) is 14.4. The Labute approximate surface area is 120 Å². The normalized spacial score (nSPS) is 23.6. The van der Waals surface area contributed by atoms with Gasteiger partial charge in [-0.1, -0.05) is 6.92 Å². The minimum absolute atomic E-state index is 0.00958. The second-order valence-electron chi connectivity index (χ2n) is 5.41. The average molecular weight is 283 g/mol. The van der Waals surface area contributed by atoms with Gasteiger partial charge in [0.15, 0.2) is 0 Å². The van der Waals surface area contributed by atoms with Gasteiger partial charge in [-0.15, -0.1) is 0 Å². The highest BCUT2D eigenvalue weighted by Crippen LogP contribution is 2.15. The maximum atomic E-state index is 12.6. The Bertz CT molecular complexity index is 343. The van der Waals surface area contributed by atoms with Crippen molar-refractivity contribution in [1.82, 2.24) is 15.1 Å². The molecule has 0 saturated carbocycles. The van der Waals surface area contributed by atoms with E-state index >= 15 is 0 Å². The van der Waals surface area contributed by atoms with Crippen molar-refractivity contribution in [1.29, 1.82) is 0 Å². The van der Waals surface area contributed by atoms with Crippen LogP contribution in [0, 0.1) is 0 Å². The minimum Gasteiger partial charge on any atom is -0.377 e. The van der Waals surface area contributed by atoms with E-state index in [0.717, 1.165) is 32.4 Å². The third kappa shape index (κ3) is 3.62. The number of rotatable bonds is 3. The van der Waals surface area contributed by atoms with Gasteiger partial charge in [0.2, 0.25) is 5.91 Å². The zero-order valence-corrected chi connectivity index (χ0v) is 12.3. The molecule has 6 heteroatoms. The molecule has 0 aliphatic carbocycles. The van der Waals surface area contributed by atoms with E-state index in [-0.39, 0.29) is 11.9 Å². The first-order valence-corrected chi connectivity index (χ1v) is 7.65. The number of amides is 3. The zero-order valence-electron chi connectivity index (χ0n) is 12.3. The van der Waals surface area contributed by atoms with Gasteiger partial charge in [-0.3, -0.25) is 4.79 Å². The van der Waals surface area contributed by atoms with Gasteiger partial charge in [0.1, 0.15) is 6.04 Å². The average Bonchev–Trinajstić information content (AvgIpc) is 2.52. The van der Waals surface area contributed by atoms with Crippen molar-refractivity contribution < 1.29 is 14.3 Å². The highest BCUT2D eigenvalue weighted by Gasteiger charge is 2.35. The molecule has 0 bridgehead atoms. The monoisotopic (exact) mass is 283 g/mol. The highest BCUT2D eigenvalue weighted by atomic mass is 16.5. The maximum absolute atomic E-state index is 12.6. The largest absolute Gasteiger partial charge is 0.377 e. The molecule has 0 radical (unpaired) electrons. The standard InChI is InChI=1S/C14H25N3O3/c1-2-6-15-13(18)12-11-20-10-9-17(12)14(19)16-7-4-3-5-8-16/h12H,2-11H2,1H3,(H,15,18). The molecule has 2 aliphatic rings. The molecule has 20 heavy (non-hydrogen) atoms. The molecule has 2 fully saturated rings. The lowest BCUT2D eigenvalue weighted by Gasteiger charge is -2.39. The summed E-state index contributed by atoms with van der Waals surface area (Å²) in [5, 5.41) is 2.86. The fraction of sp³-hybridized carbons (Fsp3) is 0.857. The van der Waals surface area contributed by atoms with Crippen LogP contribution in [0.25, 0.3) is 0 Å². The number of urea groups is 1. The Morgan fingerprint density at radius 1 is 1.20 bits per heavy atom. The van der Waals surface area contributed by atoms with E-state index in [9.17, 15) is 9.59 Å². The quantitative estimate of drug-likeness (QED) is 0.834. The summed E-state index contributed by atoms with van der Waals surface area (Å²) in [6, 6.07) is -0.491. The summed E-state index contributed by atoms with van der Waals surface area (Å²) >= 11 is 0. The van der Waals surface area contributed by atoms with Crippen molar-refractivity contribution in [2.24, 2.45) is 0 Å². The van der Waals surface area contributed by atoms with Crippen LogP contribution in [-0.2, 0) is 9.53 Å². The predicted octanol–water partition coefficient (Wildman–Crippen LogP) is 0.819. The first kappa shape index (κ1) is 15.1. The Hall–Kier alpha value is -1.30. The highest BCUT2D eigenvalue weighted by molar-refractivity contribution is 5.87. The summed E-state index contributed by atoms with van der Waals surface area (Å²) in [6.07, 6.45) is 4.19. The van der Waals surface area contributed by atoms with Crippen molar-refractivity contribution >= 4 is 11.9 Å². The van der Waals surface area contributed by atoms with Crippen LogP contribution >= 0.6 is 0 Å². The van der Waals surface area contributed by atoms with E-state index < -0.39 is 6.04 Å². The predicted molar refractivity (Wildman–Crippen MR) is 75.4 cm³/mol. The number of nitrogens with zero attached hydrogens (tertiary/aromatic N) is 2. The van der Waals surface area contributed by atoms with Crippen molar-refractivity contribution in [3.63, 3.8) is 0 Å². The number of carbonyl (C=O) groups excluding carboxylic acids is 2. The third-order valence-electron chi connectivity index (χ3n) is 3.85. The van der Waals surface area contributed by atoms with Crippen LogP contribution in [0.15, 0.2) is 0 Å². The number of hydrogen-bond acceptors (Lipinski definition) is 3. The molecule has 0 aromatic carbocycles. The van der Waals surface area contributed by atoms with Crippen LogP contribution in [-0.4, -0.2) is 67.2 Å². The summed E-state index contributed by atoms with van der Waals surface area (Å²) in [7, 11) is 0. The molecular weight excluding hydrogens is 258 g/mol. The Morgan fingerprint density at radius 2 is 1.95 bits per heavy atom. The molecule has 2 rings (SSSR count). The molecule has 0 aromatic rings. The summed E-state index contributed by atoms with van der Waals surface area (Å²) in [5.74, 6) is -0.100. The molecule has 2 heterocycles. The number of nitrogens with one attached hydrogen (secondary N) is 1. The van der Waals surface area contributed by atoms with Crippen molar-refractivity contribution in [2.45, 2.75) is 38.6 Å². The third-order valence-corrected chi connectivity index (χ3v) is 3.85. The molecule has 1 N–H and O–H groups in total. The van der Waals surface area contributed by atoms with Crippen molar-refractivity contribution in [3.8, 4) is 0 Å². The summed E-state index contributed by atoms with van der Waals surface area (Å²) in [6.45, 7) is 5.57. The van der Waals surface area contributed by atoms with Crippen molar-refractivity contribution in [3.05, 3.63) is 0 Å². The Kier molecular flexibility index (Phi) is 5.64. The van der Waals surface area contributed by atoms with Crippen LogP contribution in [0.1, 0.15) is 32.6 Å². The van der Waals surface area contributed by atoms with Crippen LogP contribution in [0.4, 0.5) is 4.79 Å². The van der Waals surface area contributed by atoms with Crippen LogP contribution in [0.2, 0.25) is 0 Å². The molecule has 1 unspecified atom stereocenters. The van der Waals surface area contributed by atoms with E-state index in [4.69, 9.17) is 4.74 Å². The van der Waals surface area contributed by atoms with Gasteiger partial charge >= 0.3 is 6.03 Å². The lowest BCUT2D eigenvalue weighted by Crippen LogP contribution is -2.59. The number of piperidine rings is 1. The number of hydrogen-bond donors (Lipinski definition) is 1. The first-order chi connectivity index (χ1) is 9.74. The molecule has 1 atom stereocenters. The molecule has 0 aromatic heterocycles. The smallest absolute Gasteiger partial charge is 0.320 e. The van der Waals surface area contributed by atoms with Gasteiger partial charge in [-0.25, -0.2) is 4.79 Å². The lowest BCUT2D eigenvalue weighted by atomic mass is 10.1. The Balaban J connectivity index is 1.98. The number of likely N-dealkylation sites (tertiary alicyclic amines) is 1. The topological polar surface area (TPSA) is 61.9 Å². The van der Waals surface area contributed by atoms with Gasteiger partial charge in [0.25, 0.3) is 0 Å². The van der Waals surface area contributed by atoms with Gasteiger partial charge in [-0.2, -0.15) is 0 Å². The van der Waals surface area contributed by atoms with Crippen molar-refractivity contribution in [2.75, 3.05) is 39.4 Å². The van der Waals surface area contributed by atoms with E-state index in [1.807, 2.05) is 11.8 Å². The first-order valence-electron chi connectivity index (χ1n) is 7.65. The Morgan fingerprint density at radius 3 is 2.65 bits per heavy atom. The number of carbonyl (C=O) groups is 2. The summed E-state index contributed by atoms with van der Waals surface area (Å²) in [4.78, 5) is 28.3. The van der Waals surface area contributed by atoms with Gasteiger partial charge in [-0.05, 0) is 25.7 Å². The number of morpholine rings is 1. The minimum atomic E-state index is -0.482. The molecule has 114 valence electrons. The molecule has 0 spiro atoms.